The quantitative estimate of drug-likeness (QED) is 0.428. The lowest BCUT2D eigenvalue weighted by atomic mass is 10.4. The summed E-state index contributed by atoms with van der Waals surface area (Å²) in [6.45, 7) is 5.98. The molecule has 0 fully saturated rings. The Bertz CT molecular complexity index is 68.6. The molecular weight excluding hydrogens is 144 g/mol. The average Bonchev–Trinajstić information content (AvgIpc) is 1.98. The Labute approximate surface area is 65.9 Å². The van der Waals surface area contributed by atoms with Crippen molar-refractivity contribution in [2.45, 2.75) is 25.8 Å². The van der Waals surface area contributed by atoms with E-state index in [4.69, 9.17) is 9.16 Å². The van der Waals surface area contributed by atoms with Crippen molar-refractivity contribution in [1.82, 2.24) is 0 Å². The van der Waals surface area contributed by atoms with Gasteiger partial charge in [0, 0.05) is 7.11 Å². The Morgan fingerprint density at radius 2 is 2.10 bits per heavy atom. The van der Waals surface area contributed by atoms with Gasteiger partial charge in [-0.1, -0.05) is 20.3 Å². The van der Waals surface area contributed by atoms with Crippen LogP contribution < -0.4 is 0 Å². The predicted octanol–water partition coefficient (Wildman–Crippen LogP) is 0.952. The first-order valence-electron chi connectivity index (χ1n) is 3.88. The fourth-order valence-electron chi connectivity index (χ4n) is 0.545. The van der Waals surface area contributed by atoms with Gasteiger partial charge in [-0.3, -0.25) is 0 Å². The van der Waals surface area contributed by atoms with Gasteiger partial charge < -0.3 is 9.16 Å². The van der Waals surface area contributed by atoms with Gasteiger partial charge in [-0.2, -0.15) is 0 Å². The third-order valence-corrected chi connectivity index (χ3v) is 3.20. The van der Waals surface area contributed by atoms with Crippen LogP contribution in [0, 0.1) is 0 Å². The van der Waals surface area contributed by atoms with Gasteiger partial charge in [-0.25, -0.2) is 0 Å². The molecule has 0 heterocycles. The van der Waals surface area contributed by atoms with E-state index in [0.717, 1.165) is 18.8 Å². The Kier molecular flexibility index (Phi) is 7.35. The molecule has 0 aliphatic carbocycles. The molecule has 0 saturated carbocycles. The summed E-state index contributed by atoms with van der Waals surface area (Å²) in [4.78, 5) is 0. The van der Waals surface area contributed by atoms with Gasteiger partial charge in [-0.15, -0.1) is 0 Å². The lowest BCUT2D eigenvalue weighted by Gasteiger charge is -2.07. The number of ether oxygens (including phenoxy) is 1. The molecule has 2 nitrogen and oxygen atoms in total. The van der Waals surface area contributed by atoms with E-state index < -0.39 is 0 Å². The zero-order chi connectivity index (χ0) is 7.82. The van der Waals surface area contributed by atoms with Crippen molar-refractivity contribution in [3.63, 3.8) is 0 Å². The van der Waals surface area contributed by atoms with Crippen LogP contribution in [0.3, 0.4) is 0 Å². The van der Waals surface area contributed by atoms with Crippen LogP contribution in [0.5, 0.6) is 0 Å². The molecule has 0 N–H and O–H groups in total. The molecule has 0 aliphatic heterocycles. The van der Waals surface area contributed by atoms with Crippen LogP contribution in [0.25, 0.3) is 0 Å². The summed E-state index contributed by atoms with van der Waals surface area (Å²) in [5, 5.41) is 0. The molecule has 0 aromatic heterocycles. The first kappa shape index (κ1) is 10.1. The molecule has 3 heteroatoms. The highest BCUT2D eigenvalue weighted by atomic mass is 28.2. The van der Waals surface area contributed by atoms with E-state index in [2.05, 4.69) is 13.8 Å². The summed E-state index contributed by atoms with van der Waals surface area (Å²) in [6.07, 6.45) is 1.25. The third-order valence-electron chi connectivity index (χ3n) is 1.53. The minimum atomic E-state index is -0.265. The Morgan fingerprint density at radius 1 is 1.40 bits per heavy atom. The zero-order valence-corrected chi connectivity index (χ0v) is 8.64. The maximum atomic E-state index is 5.44. The van der Waals surface area contributed by atoms with E-state index in [0.29, 0.717) is 0 Å². The van der Waals surface area contributed by atoms with Gasteiger partial charge in [0.05, 0.1) is 13.2 Å². The van der Waals surface area contributed by atoms with Crippen LogP contribution in [0.15, 0.2) is 0 Å². The molecular formula is C7H18O2Si. The van der Waals surface area contributed by atoms with Gasteiger partial charge in [0.1, 0.15) is 0 Å². The predicted molar refractivity (Wildman–Crippen MR) is 46.1 cm³/mol. The van der Waals surface area contributed by atoms with Crippen LogP contribution in [-0.4, -0.2) is 30.1 Å². The largest absolute Gasteiger partial charge is 0.421 e. The summed E-state index contributed by atoms with van der Waals surface area (Å²) >= 11 is 0. The summed E-state index contributed by atoms with van der Waals surface area (Å²) in [6, 6.07) is 0. The highest BCUT2D eigenvalue weighted by Gasteiger charge is 1.98. The summed E-state index contributed by atoms with van der Waals surface area (Å²) in [5.41, 5.74) is 0.817. The minimum absolute atomic E-state index is 0.265. The number of hydrogen-bond acceptors (Lipinski definition) is 2. The molecule has 10 heavy (non-hydrogen) atoms. The number of methoxy groups -OCH3 is 1. The van der Waals surface area contributed by atoms with Gasteiger partial charge >= 0.3 is 0 Å². The molecule has 0 saturated heterocycles. The Hall–Kier alpha value is 0.137. The molecule has 1 atom stereocenters. The van der Waals surface area contributed by atoms with Crippen molar-refractivity contribution in [2.75, 3.05) is 20.3 Å². The zero-order valence-electron chi connectivity index (χ0n) is 7.22. The normalized spacial score (nSPS) is 14.7. The average molecular weight is 162 g/mol. The standard InChI is InChI=1S/C7H18O2Si/c1-4-7(2)10-9-6-5-8-3/h7H,4-6,10H2,1-3H3. The molecule has 0 aromatic carbocycles. The summed E-state index contributed by atoms with van der Waals surface area (Å²) in [7, 11) is 1.44. The Morgan fingerprint density at radius 3 is 2.60 bits per heavy atom. The molecule has 62 valence electrons. The summed E-state index contributed by atoms with van der Waals surface area (Å²) in [5.74, 6) is 0. The molecule has 0 bridgehead atoms. The van der Waals surface area contributed by atoms with Gasteiger partial charge in [-0.05, 0) is 5.54 Å². The first-order chi connectivity index (χ1) is 4.81. The van der Waals surface area contributed by atoms with Gasteiger partial charge in [0.25, 0.3) is 0 Å². The lowest BCUT2D eigenvalue weighted by Crippen LogP contribution is -2.09. The third kappa shape index (κ3) is 6.26. The smallest absolute Gasteiger partial charge is 0.164 e. The van der Waals surface area contributed by atoms with Gasteiger partial charge in [0.15, 0.2) is 9.76 Å². The van der Waals surface area contributed by atoms with Crippen LogP contribution in [0.1, 0.15) is 20.3 Å². The number of rotatable bonds is 6. The topological polar surface area (TPSA) is 18.5 Å². The van der Waals surface area contributed by atoms with E-state index in [1.54, 1.807) is 7.11 Å². The van der Waals surface area contributed by atoms with Crippen molar-refractivity contribution in [2.24, 2.45) is 0 Å². The molecule has 1 unspecified atom stereocenters. The maximum Gasteiger partial charge on any atom is 0.164 e. The van der Waals surface area contributed by atoms with E-state index >= 15 is 0 Å². The fourth-order valence-corrected chi connectivity index (χ4v) is 1.47. The van der Waals surface area contributed by atoms with Crippen LogP contribution in [0.2, 0.25) is 5.54 Å². The van der Waals surface area contributed by atoms with Crippen molar-refractivity contribution >= 4 is 9.76 Å². The second-order valence-electron chi connectivity index (χ2n) is 2.58. The Balaban J connectivity index is 2.89. The molecule has 0 amide bonds. The van der Waals surface area contributed by atoms with Crippen molar-refractivity contribution < 1.29 is 9.16 Å². The van der Waals surface area contributed by atoms with Crippen LogP contribution >= 0.6 is 0 Å². The van der Waals surface area contributed by atoms with Crippen LogP contribution in [-0.2, 0) is 9.16 Å². The second kappa shape index (κ2) is 7.25. The first-order valence-corrected chi connectivity index (χ1v) is 5.27. The van der Waals surface area contributed by atoms with Crippen LogP contribution in [0.4, 0.5) is 0 Å². The lowest BCUT2D eigenvalue weighted by molar-refractivity contribution is 0.148. The van der Waals surface area contributed by atoms with E-state index in [1.807, 2.05) is 0 Å². The fraction of sp³-hybridized carbons (Fsp3) is 1.00. The van der Waals surface area contributed by atoms with Crippen molar-refractivity contribution in [3.8, 4) is 0 Å². The molecule has 0 radical (unpaired) electrons. The molecule has 0 spiro atoms. The van der Waals surface area contributed by atoms with Crippen molar-refractivity contribution in [1.29, 1.82) is 0 Å². The molecule has 0 aliphatic rings. The monoisotopic (exact) mass is 162 g/mol. The van der Waals surface area contributed by atoms with E-state index in [-0.39, 0.29) is 9.76 Å². The SMILES string of the molecule is CCC(C)[SiH2]OCCOC. The van der Waals surface area contributed by atoms with Gasteiger partial charge in [0.2, 0.25) is 0 Å². The van der Waals surface area contributed by atoms with E-state index in [1.165, 1.54) is 6.42 Å². The van der Waals surface area contributed by atoms with Crippen molar-refractivity contribution in [3.05, 3.63) is 0 Å². The molecule has 0 aromatic rings. The maximum absolute atomic E-state index is 5.44. The highest BCUT2D eigenvalue weighted by molar-refractivity contribution is 6.29. The number of hydrogen-bond donors (Lipinski definition) is 0. The summed E-state index contributed by atoms with van der Waals surface area (Å²) < 4.78 is 10.3. The minimum Gasteiger partial charge on any atom is -0.421 e. The highest BCUT2D eigenvalue weighted by Crippen LogP contribution is 2.05. The second-order valence-corrected chi connectivity index (χ2v) is 4.72. The van der Waals surface area contributed by atoms with E-state index in [9.17, 15) is 0 Å². The molecule has 0 rings (SSSR count).